The van der Waals surface area contributed by atoms with Crippen LogP contribution in [0, 0.1) is 0 Å². The number of aromatic nitrogens is 4. The fourth-order valence-electron chi connectivity index (χ4n) is 3.10. The molecule has 0 bridgehead atoms. The van der Waals surface area contributed by atoms with E-state index in [0.29, 0.717) is 5.16 Å². The predicted molar refractivity (Wildman–Crippen MR) is 117 cm³/mol. The number of amides is 1. The monoisotopic (exact) mass is 415 g/mol. The standard InChI is InChI=1S/C23H21N5OS/c1-17(30-23-25-26-27-28(23)20-15-9-4-10-16-20)22(29)24-21(18-11-5-2-6-12-18)19-13-7-3-8-14-19/h2-17,21H,1H3,(H,24,29)/t17-/m0/s1. The number of para-hydroxylation sites is 1. The van der Waals surface area contributed by atoms with E-state index in [1.54, 1.807) is 4.68 Å². The maximum atomic E-state index is 13.1. The van der Waals surface area contributed by atoms with Crippen molar-refractivity contribution in [2.75, 3.05) is 0 Å². The van der Waals surface area contributed by atoms with Gasteiger partial charge in [-0.15, -0.1) is 5.10 Å². The lowest BCUT2D eigenvalue weighted by atomic mass is 9.98. The van der Waals surface area contributed by atoms with Gasteiger partial charge in [0.1, 0.15) is 0 Å². The number of benzene rings is 3. The van der Waals surface area contributed by atoms with Gasteiger partial charge < -0.3 is 5.32 Å². The molecule has 4 rings (SSSR count). The lowest BCUT2D eigenvalue weighted by Gasteiger charge is -2.22. The zero-order chi connectivity index (χ0) is 20.8. The van der Waals surface area contributed by atoms with Crippen molar-refractivity contribution in [3.05, 3.63) is 102 Å². The molecule has 0 spiro atoms. The molecule has 0 radical (unpaired) electrons. The molecule has 1 heterocycles. The quantitative estimate of drug-likeness (QED) is 0.461. The number of nitrogens with one attached hydrogen (secondary N) is 1. The average Bonchev–Trinajstić information content (AvgIpc) is 3.27. The van der Waals surface area contributed by atoms with Crippen molar-refractivity contribution in [2.45, 2.75) is 23.4 Å². The molecule has 0 saturated heterocycles. The van der Waals surface area contributed by atoms with Gasteiger partial charge in [-0.1, -0.05) is 90.6 Å². The Labute approximate surface area is 179 Å². The van der Waals surface area contributed by atoms with E-state index in [2.05, 4.69) is 20.8 Å². The Bertz CT molecular complexity index is 1050. The lowest BCUT2D eigenvalue weighted by molar-refractivity contribution is -0.120. The molecule has 0 saturated carbocycles. The third-order valence-electron chi connectivity index (χ3n) is 4.65. The Kier molecular flexibility index (Phi) is 6.20. The van der Waals surface area contributed by atoms with Crippen molar-refractivity contribution >= 4 is 17.7 Å². The van der Waals surface area contributed by atoms with Crippen molar-refractivity contribution in [1.29, 1.82) is 0 Å². The van der Waals surface area contributed by atoms with Crippen LogP contribution in [-0.4, -0.2) is 31.4 Å². The molecule has 1 aromatic heterocycles. The van der Waals surface area contributed by atoms with Gasteiger partial charge in [0.15, 0.2) is 0 Å². The molecule has 150 valence electrons. The average molecular weight is 416 g/mol. The summed E-state index contributed by atoms with van der Waals surface area (Å²) in [6.07, 6.45) is 0. The largest absolute Gasteiger partial charge is 0.344 e. The van der Waals surface area contributed by atoms with Crippen LogP contribution in [-0.2, 0) is 4.79 Å². The molecule has 30 heavy (non-hydrogen) atoms. The minimum Gasteiger partial charge on any atom is -0.344 e. The molecule has 1 atom stereocenters. The van der Waals surface area contributed by atoms with Crippen LogP contribution in [0.4, 0.5) is 0 Å². The Morgan fingerprint density at radius 1 is 0.867 bits per heavy atom. The highest BCUT2D eigenvalue weighted by Gasteiger charge is 2.23. The summed E-state index contributed by atoms with van der Waals surface area (Å²) in [5.41, 5.74) is 2.91. The number of rotatable bonds is 7. The summed E-state index contributed by atoms with van der Waals surface area (Å²) in [6.45, 7) is 1.86. The maximum Gasteiger partial charge on any atom is 0.234 e. The Balaban J connectivity index is 1.52. The molecular weight excluding hydrogens is 394 g/mol. The van der Waals surface area contributed by atoms with Gasteiger partial charge in [-0.25, -0.2) is 0 Å². The molecule has 7 heteroatoms. The van der Waals surface area contributed by atoms with E-state index in [1.807, 2.05) is 97.9 Å². The second-order valence-electron chi connectivity index (χ2n) is 6.73. The number of carbonyl (C=O) groups is 1. The smallest absolute Gasteiger partial charge is 0.234 e. The van der Waals surface area contributed by atoms with Crippen molar-refractivity contribution in [3.8, 4) is 5.69 Å². The minimum atomic E-state index is -0.381. The summed E-state index contributed by atoms with van der Waals surface area (Å²) in [5, 5.41) is 15.3. The van der Waals surface area contributed by atoms with Crippen LogP contribution in [0.3, 0.4) is 0 Å². The first-order valence-corrected chi connectivity index (χ1v) is 10.5. The van der Waals surface area contributed by atoms with Gasteiger partial charge in [0, 0.05) is 0 Å². The maximum absolute atomic E-state index is 13.1. The molecule has 3 aromatic carbocycles. The normalized spacial score (nSPS) is 11.9. The van der Waals surface area contributed by atoms with Gasteiger partial charge in [0.05, 0.1) is 17.0 Å². The minimum absolute atomic E-state index is 0.0830. The third kappa shape index (κ3) is 4.58. The van der Waals surface area contributed by atoms with E-state index < -0.39 is 0 Å². The van der Waals surface area contributed by atoms with E-state index in [9.17, 15) is 4.79 Å². The Morgan fingerprint density at radius 2 is 1.40 bits per heavy atom. The topological polar surface area (TPSA) is 72.7 Å². The van der Waals surface area contributed by atoms with Crippen LogP contribution in [0.2, 0.25) is 0 Å². The first-order chi connectivity index (χ1) is 14.7. The Hall–Kier alpha value is -3.45. The van der Waals surface area contributed by atoms with Crippen molar-refractivity contribution in [3.63, 3.8) is 0 Å². The van der Waals surface area contributed by atoms with Crippen molar-refractivity contribution in [1.82, 2.24) is 25.5 Å². The first kappa shape index (κ1) is 19.8. The Morgan fingerprint density at radius 3 is 1.97 bits per heavy atom. The van der Waals surface area contributed by atoms with Crippen LogP contribution in [0.15, 0.2) is 96.2 Å². The number of nitrogens with zero attached hydrogens (tertiary/aromatic N) is 4. The SMILES string of the molecule is C[C@H](Sc1nnnn1-c1ccccc1)C(=O)NC(c1ccccc1)c1ccccc1. The molecule has 1 amide bonds. The number of tetrazole rings is 1. The van der Waals surface area contributed by atoms with Crippen molar-refractivity contribution in [2.24, 2.45) is 0 Å². The molecule has 0 aliphatic carbocycles. The summed E-state index contributed by atoms with van der Waals surface area (Å²) in [4.78, 5) is 13.1. The predicted octanol–water partition coefficient (Wildman–Crippen LogP) is 4.05. The van der Waals surface area contributed by atoms with Gasteiger partial charge in [-0.3, -0.25) is 4.79 Å². The molecule has 0 fully saturated rings. The highest BCUT2D eigenvalue weighted by atomic mass is 32.2. The van der Waals surface area contributed by atoms with E-state index in [1.165, 1.54) is 11.8 Å². The number of thioether (sulfide) groups is 1. The fraction of sp³-hybridized carbons (Fsp3) is 0.130. The molecule has 6 nitrogen and oxygen atoms in total. The molecule has 0 aliphatic heterocycles. The summed E-state index contributed by atoms with van der Waals surface area (Å²) in [6, 6.07) is 29.3. The number of carbonyl (C=O) groups excluding carboxylic acids is 1. The molecule has 1 N–H and O–H groups in total. The van der Waals surface area contributed by atoms with Crippen LogP contribution in [0.1, 0.15) is 24.1 Å². The van der Waals surface area contributed by atoms with E-state index in [0.717, 1.165) is 16.8 Å². The summed E-state index contributed by atoms with van der Waals surface area (Å²) < 4.78 is 1.64. The molecule has 4 aromatic rings. The third-order valence-corrected chi connectivity index (χ3v) is 5.68. The van der Waals surface area contributed by atoms with Gasteiger partial charge in [-0.2, -0.15) is 4.68 Å². The molecule has 0 aliphatic rings. The summed E-state index contributed by atoms with van der Waals surface area (Å²) >= 11 is 1.33. The van der Waals surface area contributed by atoms with Gasteiger partial charge in [-0.05, 0) is 40.6 Å². The van der Waals surface area contributed by atoms with Crippen LogP contribution in [0.25, 0.3) is 5.69 Å². The van der Waals surface area contributed by atoms with Gasteiger partial charge >= 0.3 is 0 Å². The van der Waals surface area contributed by atoms with E-state index >= 15 is 0 Å². The zero-order valence-corrected chi connectivity index (χ0v) is 17.2. The second kappa shape index (κ2) is 9.37. The van der Waals surface area contributed by atoms with Gasteiger partial charge in [0.2, 0.25) is 11.1 Å². The van der Waals surface area contributed by atoms with Crippen molar-refractivity contribution < 1.29 is 4.79 Å². The number of hydrogen-bond acceptors (Lipinski definition) is 5. The van der Waals surface area contributed by atoms with Crippen LogP contribution >= 0.6 is 11.8 Å². The van der Waals surface area contributed by atoms with Crippen LogP contribution < -0.4 is 5.32 Å². The first-order valence-electron chi connectivity index (χ1n) is 9.63. The highest BCUT2D eigenvalue weighted by Crippen LogP contribution is 2.26. The summed E-state index contributed by atoms with van der Waals surface area (Å²) in [7, 11) is 0. The highest BCUT2D eigenvalue weighted by molar-refractivity contribution is 8.00. The van der Waals surface area contributed by atoms with Crippen LogP contribution in [0.5, 0.6) is 0 Å². The second-order valence-corrected chi connectivity index (χ2v) is 8.04. The van der Waals surface area contributed by atoms with Gasteiger partial charge in [0.25, 0.3) is 0 Å². The number of hydrogen-bond donors (Lipinski definition) is 1. The van der Waals surface area contributed by atoms with E-state index in [4.69, 9.17) is 0 Å². The summed E-state index contributed by atoms with van der Waals surface area (Å²) in [5.74, 6) is -0.0830. The lowest BCUT2D eigenvalue weighted by Crippen LogP contribution is -2.35. The molecular formula is C23H21N5OS. The van der Waals surface area contributed by atoms with E-state index in [-0.39, 0.29) is 17.2 Å². The molecule has 0 unspecified atom stereocenters. The zero-order valence-electron chi connectivity index (χ0n) is 16.4. The fourth-order valence-corrected chi connectivity index (χ4v) is 3.92.